The van der Waals surface area contributed by atoms with Gasteiger partial charge in [-0.25, -0.2) is 9.67 Å². The van der Waals surface area contributed by atoms with Gasteiger partial charge in [-0.15, -0.1) is 0 Å². The maximum absolute atomic E-state index is 5.87. The summed E-state index contributed by atoms with van der Waals surface area (Å²) in [6.07, 6.45) is 2.41. The molecule has 0 aromatic carbocycles. The van der Waals surface area contributed by atoms with E-state index in [2.05, 4.69) is 41.2 Å². The van der Waals surface area contributed by atoms with Gasteiger partial charge in [0.05, 0.1) is 18.8 Å². The van der Waals surface area contributed by atoms with E-state index in [0.29, 0.717) is 6.04 Å². The number of nitrogens with one attached hydrogen (secondary N) is 1. The number of likely N-dealkylation sites (N-methyl/N-ethyl adjacent to an activating group) is 1. The highest BCUT2D eigenvalue weighted by molar-refractivity contribution is 4.94. The van der Waals surface area contributed by atoms with Crippen LogP contribution in [0.4, 0.5) is 0 Å². The Bertz CT molecular complexity index is 407. The van der Waals surface area contributed by atoms with Gasteiger partial charge < -0.3 is 4.74 Å². The van der Waals surface area contributed by atoms with E-state index in [-0.39, 0.29) is 12.1 Å². The maximum Gasteiger partial charge on any atom is 0.138 e. The van der Waals surface area contributed by atoms with Crippen LogP contribution in [0.2, 0.25) is 0 Å². The molecule has 2 heterocycles. The predicted molar refractivity (Wildman–Crippen MR) is 77.1 cm³/mol. The molecule has 3 N–H and O–H groups in total. The fourth-order valence-electron chi connectivity index (χ4n) is 2.61. The number of nitrogens with two attached hydrogens (primary N) is 1. The smallest absolute Gasteiger partial charge is 0.138 e. The van der Waals surface area contributed by atoms with E-state index in [1.54, 1.807) is 6.33 Å². The van der Waals surface area contributed by atoms with E-state index in [1.165, 1.54) is 0 Å². The van der Waals surface area contributed by atoms with Crippen LogP contribution in [-0.4, -0.2) is 58.1 Å². The molecule has 0 bridgehead atoms. The molecule has 2 rings (SSSR count). The Hall–Kier alpha value is -1.02. The highest BCUT2D eigenvalue weighted by Gasteiger charge is 2.28. The van der Waals surface area contributed by atoms with E-state index < -0.39 is 0 Å². The fraction of sp³-hybridized carbons (Fsp3) is 0.846. The zero-order valence-electron chi connectivity index (χ0n) is 12.6. The van der Waals surface area contributed by atoms with Crippen LogP contribution in [-0.2, 0) is 11.2 Å². The molecule has 1 aromatic rings. The van der Waals surface area contributed by atoms with Gasteiger partial charge in [0, 0.05) is 25.6 Å². The van der Waals surface area contributed by atoms with Crippen molar-refractivity contribution in [3.8, 4) is 0 Å². The third-order valence-electron chi connectivity index (χ3n) is 3.83. The number of morpholine rings is 1. The molecule has 7 nitrogen and oxygen atoms in total. The molecule has 1 aromatic heterocycles. The van der Waals surface area contributed by atoms with Gasteiger partial charge in [-0.1, -0.05) is 6.92 Å². The molecule has 0 aliphatic carbocycles. The standard InChI is InChI=1S/C13H26N6O/c1-4-18-5-6-20-12(8-18)11(17-14)7-13-15-9-16-19(13)10(2)3/h9-12,17H,4-8,14H2,1-3H3. The topological polar surface area (TPSA) is 81.2 Å². The Morgan fingerprint density at radius 2 is 2.35 bits per heavy atom. The monoisotopic (exact) mass is 282 g/mol. The predicted octanol–water partition coefficient (Wildman–Crippen LogP) is -0.0459. The normalized spacial score (nSPS) is 22.4. The molecule has 1 aliphatic rings. The Kier molecular flexibility index (Phi) is 5.47. The van der Waals surface area contributed by atoms with Crippen molar-refractivity contribution in [2.75, 3.05) is 26.2 Å². The number of hydrogen-bond donors (Lipinski definition) is 2. The zero-order valence-corrected chi connectivity index (χ0v) is 12.6. The SMILES string of the molecule is CCN1CCOC(C(Cc2ncnn2C(C)C)NN)C1. The first-order chi connectivity index (χ1) is 9.65. The lowest BCUT2D eigenvalue weighted by Crippen LogP contribution is -2.55. The van der Waals surface area contributed by atoms with Crippen LogP contribution in [0.25, 0.3) is 0 Å². The number of nitrogens with zero attached hydrogens (tertiary/aromatic N) is 4. The molecule has 2 atom stereocenters. The first kappa shape index (κ1) is 15.4. The average molecular weight is 282 g/mol. The summed E-state index contributed by atoms with van der Waals surface area (Å²) in [5.74, 6) is 6.67. The van der Waals surface area contributed by atoms with Gasteiger partial charge in [-0.2, -0.15) is 5.10 Å². The number of hydrogen-bond acceptors (Lipinski definition) is 6. The van der Waals surface area contributed by atoms with Crippen molar-refractivity contribution in [2.45, 2.75) is 45.4 Å². The van der Waals surface area contributed by atoms with Crippen molar-refractivity contribution in [1.82, 2.24) is 25.1 Å². The molecule has 1 saturated heterocycles. The van der Waals surface area contributed by atoms with E-state index in [9.17, 15) is 0 Å². The van der Waals surface area contributed by atoms with Gasteiger partial charge in [-0.3, -0.25) is 16.2 Å². The number of hydrazine groups is 1. The first-order valence-corrected chi connectivity index (χ1v) is 7.34. The third-order valence-corrected chi connectivity index (χ3v) is 3.83. The van der Waals surface area contributed by atoms with Gasteiger partial charge in [0.1, 0.15) is 12.2 Å². The second-order valence-corrected chi connectivity index (χ2v) is 5.49. The molecule has 0 saturated carbocycles. The summed E-state index contributed by atoms with van der Waals surface area (Å²) < 4.78 is 7.81. The second-order valence-electron chi connectivity index (χ2n) is 5.49. The Morgan fingerprint density at radius 1 is 1.55 bits per heavy atom. The van der Waals surface area contributed by atoms with Crippen molar-refractivity contribution in [3.63, 3.8) is 0 Å². The van der Waals surface area contributed by atoms with Crippen LogP contribution in [0, 0.1) is 0 Å². The number of ether oxygens (including phenoxy) is 1. The minimum Gasteiger partial charge on any atom is -0.374 e. The summed E-state index contributed by atoms with van der Waals surface area (Å²) >= 11 is 0. The van der Waals surface area contributed by atoms with Gasteiger partial charge in [0.15, 0.2) is 0 Å². The highest BCUT2D eigenvalue weighted by Crippen LogP contribution is 2.14. The van der Waals surface area contributed by atoms with Crippen LogP contribution in [0.3, 0.4) is 0 Å². The lowest BCUT2D eigenvalue weighted by atomic mass is 10.1. The highest BCUT2D eigenvalue weighted by atomic mass is 16.5. The van der Waals surface area contributed by atoms with Gasteiger partial charge >= 0.3 is 0 Å². The summed E-state index contributed by atoms with van der Waals surface area (Å²) in [5.41, 5.74) is 2.89. The lowest BCUT2D eigenvalue weighted by Gasteiger charge is -2.36. The fourth-order valence-corrected chi connectivity index (χ4v) is 2.61. The summed E-state index contributed by atoms with van der Waals surface area (Å²) in [6.45, 7) is 10.1. The molecule has 114 valence electrons. The molecular weight excluding hydrogens is 256 g/mol. The third kappa shape index (κ3) is 3.54. The van der Waals surface area contributed by atoms with Crippen LogP contribution >= 0.6 is 0 Å². The van der Waals surface area contributed by atoms with Crippen LogP contribution in [0.15, 0.2) is 6.33 Å². The largest absolute Gasteiger partial charge is 0.374 e. The number of rotatable bonds is 6. The summed E-state index contributed by atoms with van der Waals surface area (Å²) in [5, 5.41) is 4.27. The lowest BCUT2D eigenvalue weighted by molar-refractivity contribution is -0.0452. The first-order valence-electron chi connectivity index (χ1n) is 7.34. The molecular formula is C13H26N6O. The Labute approximate surface area is 120 Å². The Morgan fingerprint density at radius 3 is 3.00 bits per heavy atom. The van der Waals surface area contributed by atoms with E-state index in [1.807, 2.05) is 4.68 Å². The quantitative estimate of drug-likeness (QED) is 0.562. The molecule has 0 radical (unpaired) electrons. The van der Waals surface area contributed by atoms with Gasteiger partial charge in [0.25, 0.3) is 0 Å². The van der Waals surface area contributed by atoms with Crippen LogP contribution in [0.1, 0.15) is 32.6 Å². The molecule has 2 unspecified atom stereocenters. The van der Waals surface area contributed by atoms with Crippen molar-refractivity contribution >= 4 is 0 Å². The van der Waals surface area contributed by atoms with E-state index >= 15 is 0 Å². The molecule has 0 spiro atoms. The van der Waals surface area contributed by atoms with Crippen molar-refractivity contribution < 1.29 is 4.74 Å². The minimum atomic E-state index is 0.0473. The molecule has 7 heteroatoms. The van der Waals surface area contributed by atoms with Gasteiger partial charge in [-0.05, 0) is 20.4 Å². The maximum atomic E-state index is 5.87. The summed E-state index contributed by atoms with van der Waals surface area (Å²) in [4.78, 5) is 6.73. The summed E-state index contributed by atoms with van der Waals surface area (Å²) in [6, 6.07) is 0.344. The van der Waals surface area contributed by atoms with Gasteiger partial charge in [0.2, 0.25) is 0 Å². The van der Waals surface area contributed by atoms with Crippen molar-refractivity contribution in [1.29, 1.82) is 0 Å². The van der Waals surface area contributed by atoms with E-state index in [4.69, 9.17) is 10.6 Å². The zero-order chi connectivity index (χ0) is 14.5. The minimum absolute atomic E-state index is 0.0473. The molecule has 1 fully saturated rings. The van der Waals surface area contributed by atoms with Crippen molar-refractivity contribution in [2.24, 2.45) is 5.84 Å². The molecule has 1 aliphatic heterocycles. The van der Waals surface area contributed by atoms with E-state index in [0.717, 1.165) is 38.5 Å². The Balaban J connectivity index is 2.03. The molecule has 20 heavy (non-hydrogen) atoms. The van der Waals surface area contributed by atoms with Crippen molar-refractivity contribution in [3.05, 3.63) is 12.2 Å². The number of aromatic nitrogens is 3. The average Bonchev–Trinajstić information content (AvgIpc) is 2.93. The summed E-state index contributed by atoms with van der Waals surface area (Å²) in [7, 11) is 0. The van der Waals surface area contributed by atoms with Crippen LogP contribution < -0.4 is 11.3 Å². The molecule has 0 amide bonds. The second kappa shape index (κ2) is 7.12. The van der Waals surface area contributed by atoms with Crippen LogP contribution in [0.5, 0.6) is 0 Å².